The molecule has 1 aliphatic heterocycles. The molecule has 24 heavy (non-hydrogen) atoms. The highest BCUT2D eigenvalue weighted by Gasteiger charge is 2.48. The average molecular weight is 326 g/mol. The van der Waals surface area contributed by atoms with Crippen molar-refractivity contribution in [2.24, 2.45) is 5.92 Å². The largest absolute Gasteiger partial charge is 0.467 e. The van der Waals surface area contributed by atoms with Gasteiger partial charge in [-0.25, -0.2) is 0 Å². The molecule has 2 aromatic rings. The van der Waals surface area contributed by atoms with Crippen molar-refractivity contribution in [1.29, 1.82) is 0 Å². The molecule has 1 saturated heterocycles. The summed E-state index contributed by atoms with van der Waals surface area (Å²) in [4.78, 5) is 38.7. The predicted molar refractivity (Wildman–Crippen MR) is 85.5 cm³/mol. The van der Waals surface area contributed by atoms with Crippen LogP contribution in [-0.4, -0.2) is 28.5 Å². The van der Waals surface area contributed by atoms with E-state index in [1.54, 1.807) is 19.1 Å². The summed E-state index contributed by atoms with van der Waals surface area (Å²) in [6, 6.07) is 12.2. The van der Waals surface area contributed by atoms with Crippen molar-refractivity contribution in [2.45, 2.75) is 26.1 Å². The van der Waals surface area contributed by atoms with Crippen LogP contribution in [0.1, 0.15) is 18.2 Å². The number of nitrogens with one attached hydrogen (secondary N) is 1. The van der Waals surface area contributed by atoms with Gasteiger partial charge in [0.05, 0.1) is 18.8 Å². The number of Topliss-reactive ketones (excluding diaryl/α,β-unsaturated/α-hetero) is 1. The van der Waals surface area contributed by atoms with Crippen LogP contribution in [-0.2, 0) is 27.5 Å². The molecule has 2 atom stereocenters. The Morgan fingerprint density at radius 3 is 2.58 bits per heavy atom. The molecule has 1 fully saturated rings. The molecule has 0 radical (unpaired) electrons. The lowest BCUT2D eigenvalue weighted by Gasteiger charge is -2.20. The second-order valence-corrected chi connectivity index (χ2v) is 5.76. The first kappa shape index (κ1) is 16.0. The molecule has 1 aromatic heterocycles. The highest BCUT2D eigenvalue weighted by molar-refractivity contribution is 6.23. The summed E-state index contributed by atoms with van der Waals surface area (Å²) in [7, 11) is 0. The molecular formula is C18H18N2O4. The molecule has 6 nitrogen and oxygen atoms in total. The summed E-state index contributed by atoms with van der Waals surface area (Å²) in [6.07, 6.45) is 1.50. The molecule has 2 heterocycles. The van der Waals surface area contributed by atoms with E-state index in [1.165, 1.54) is 11.2 Å². The maximum atomic E-state index is 12.6. The lowest BCUT2D eigenvalue weighted by Crippen LogP contribution is -2.38. The van der Waals surface area contributed by atoms with Gasteiger partial charge in [-0.1, -0.05) is 30.3 Å². The summed E-state index contributed by atoms with van der Waals surface area (Å²) < 4.78 is 5.13. The standard InChI is InChI=1S/C18H18N2O4/c1-12-16(21)15(17(22)19-10-14-8-5-9-24-14)18(23)20(12)11-13-6-3-2-4-7-13/h2-9,12,15H,10-11H2,1H3,(H,19,22)/t12-,15+/m1/s1. The zero-order valence-electron chi connectivity index (χ0n) is 13.3. The number of nitrogens with zero attached hydrogens (tertiary/aromatic N) is 1. The monoisotopic (exact) mass is 326 g/mol. The van der Waals surface area contributed by atoms with Crippen molar-refractivity contribution in [3.05, 3.63) is 60.1 Å². The number of carbonyl (C=O) groups is 3. The smallest absolute Gasteiger partial charge is 0.243 e. The fourth-order valence-corrected chi connectivity index (χ4v) is 2.80. The van der Waals surface area contributed by atoms with Gasteiger partial charge in [0.1, 0.15) is 5.76 Å². The number of rotatable bonds is 5. The van der Waals surface area contributed by atoms with E-state index in [2.05, 4.69) is 5.32 Å². The van der Waals surface area contributed by atoms with Gasteiger partial charge >= 0.3 is 0 Å². The number of benzene rings is 1. The van der Waals surface area contributed by atoms with E-state index in [1.807, 2.05) is 30.3 Å². The Morgan fingerprint density at radius 2 is 1.92 bits per heavy atom. The average Bonchev–Trinajstić information content (AvgIpc) is 3.17. The highest BCUT2D eigenvalue weighted by Crippen LogP contribution is 2.24. The van der Waals surface area contributed by atoms with Crippen LogP contribution < -0.4 is 5.32 Å². The molecule has 3 rings (SSSR count). The van der Waals surface area contributed by atoms with Crippen molar-refractivity contribution in [2.75, 3.05) is 0 Å². The SMILES string of the molecule is C[C@@H]1C(=O)[C@@H](C(=O)NCc2ccco2)C(=O)N1Cc1ccccc1. The van der Waals surface area contributed by atoms with Crippen LogP contribution in [0.2, 0.25) is 0 Å². The van der Waals surface area contributed by atoms with Crippen LogP contribution in [0.15, 0.2) is 53.1 Å². The Morgan fingerprint density at radius 1 is 1.17 bits per heavy atom. The second-order valence-electron chi connectivity index (χ2n) is 5.76. The summed E-state index contributed by atoms with van der Waals surface area (Å²) in [6.45, 7) is 2.12. The van der Waals surface area contributed by atoms with Crippen LogP contribution >= 0.6 is 0 Å². The molecule has 1 aliphatic rings. The van der Waals surface area contributed by atoms with Gasteiger partial charge in [0.25, 0.3) is 0 Å². The van der Waals surface area contributed by atoms with Gasteiger partial charge < -0.3 is 14.6 Å². The van der Waals surface area contributed by atoms with Crippen molar-refractivity contribution in [3.8, 4) is 0 Å². The Balaban J connectivity index is 1.69. The van der Waals surface area contributed by atoms with Crippen molar-refractivity contribution >= 4 is 17.6 Å². The third kappa shape index (κ3) is 3.08. The first-order valence-electron chi connectivity index (χ1n) is 7.76. The summed E-state index contributed by atoms with van der Waals surface area (Å²) >= 11 is 0. The fraction of sp³-hybridized carbons (Fsp3) is 0.278. The molecule has 0 spiro atoms. The van der Waals surface area contributed by atoms with Crippen LogP contribution in [0.25, 0.3) is 0 Å². The quantitative estimate of drug-likeness (QED) is 0.845. The van der Waals surface area contributed by atoms with E-state index in [0.29, 0.717) is 12.3 Å². The van der Waals surface area contributed by atoms with Crippen LogP contribution in [0, 0.1) is 5.92 Å². The minimum atomic E-state index is -1.28. The molecule has 6 heteroatoms. The van der Waals surface area contributed by atoms with Crippen LogP contribution in [0.4, 0.5) is 0 Å². The Kier molecular flexibility index (Phi) is 4.46. The zero-order chi connectivity index (χ0) is 17.1. The van der Waals surface area contributed by atoms with E-state index in [9.17, 15) is 14.4 Å². The van der Waals surface area contributed by atoms with Gasteiger partial charge in [-0.05, 0) is 24.6 Å². The number of amides is 2. The van der Waals surface area contributed by atoms with Crippen LogP contribution in [0.5, 0.6) is 0 Å². The molecule has 2 amide bonds. The summed E-state index contributed by atoms with van der Waals surface area (Å²) in [5.41, 5.74) is 0.919. The van der Waals surface area contributed by atoms with Crippen molar-refractivity contribution in [3.63, 3.8) is 0 Å². The molecule has 124 valence electrons. The first-order valence-corrected chi connectivity index (χ1v) is 7.76. The topological polar surface area (TPSA) is 79.6 Å². The molecule has 1 N–H and O–H groups in total. The fourth-order valence-electron chi connectivity index (χ4n) is 2.80. The van der Waals surface area contributed by atoms with Crippen molar-refractivity contribution < 1.29 is 18.8 Å². The number of hydrogen-bond acceptors (Lipinski definition) is 4. The third-order valence-corrected chi connectivity index (χ3v) is 4.17. The Labute approximate surface area is 139 Å². The number of hydrogen-bond donors (Lipinski definition) is 1. The van der Waals surface area contributed by atoms with Crippen molar-refractivity contribution in [1.82, 2.24) is 10.2 Å². The molecular weight excluding hydrogens is 308 g/mol. The predicted octanol–water partition coefficient (Wildman–Crippen LogP) is 1.51. The van der Waals surface area contributed by atoms with Gasteiger partial charge in [0.15, 0.2) is 11.7 Å². The zero-order valence-corrected chi connectivity index (χ0v) is 13.3. The Hall–Kier alpha value is -2.89. The van der Waals surface area contributed by atoms with Gasteiger partial charge in [0.2, 0.25) is 11.8 Å². The maximum Gasteiger partial charge on any atom is 0.243 e. The van der Waals surface area contributed by atoms with Gasteiger partial charge in [-0.3, -0.25) is 14.4 Å². The third-order valence-electron chi connectivity index (χ3n) is 4.17. The second kappa shape index (κ2) is 6.70. The lowest BCUT2D eigenvalue weighted by molar-refractivity contribution is -0.140. The molecule has 0 bridgehead atoms. The number of ketones is 1. The summed E-state index contributed by atoms with van der Waals surface area (Å²) in [5, 5.41) is 2.59. The lowest BCUT2D eigenvalue weighted by atomic mass is 10.0. The first-order chi connectivity index (χ1) is 11.6. The highest BCUT2D eigenvalue weighted by atomic mass is 16.3. The van der Waals surface area contributed by atoms with Gasteiger partial charge in [-0.15, -0.1) is 0 Å². The van der Waals surface area contributed by atoms with E-state index in [4.69, 9.17) is 4.42 Å². The Bertz CT molecular complexity index is 740. The molecule has 1 aromatic carbocycles. The van der Waals surface area contributed by atoms with Gasteiger partial charge in [0, 0.05) is 6.54 Å². The minimum absolute atomic E-state index is 0.149. The normalized spacial score (nSPS) is 20.5. The van der Waals surface area contributed by atoms with Gasteiger partial charge in [-0.2, -0.15) is 0 Å². The summed E-state index contributed by atoms with van der Waals surface area (Å²) in [5.74, 6) is -2.11. The number of furan rings is 1. The van der Waals surface area contributed by atoms with E-state index in [0.717, 1.165) is 5.56 Å². The van der Waals surface area contributed by atoms with E-state index in [-0.39, 0.29) is 12.3 Å². The molecule has 0 unspecified atom stereocenters. The maximum absolute atomic E-state index is 12.6. The van der Waals surface area contributed by atoms with E-state index >= 15 is 0 Å². The number of likely N-dealkylation sites (tertiary alicyclic amines) is 1. The van der Waals surface area contributed by atoms with E-state index < -0.39 is 23.8 Å². The number of carbonyl (C=O) groups excluding carboxylic acids is 3. The molecule has 0 aliphatic carbocycles. The molecule has 0 saturated carbocycles. The van der Waals surface area contributed by atoms with Crippen LogP contribution in [0.3, 0.4) is 0 Å². The minimum Gasteiger partial charge on any atom is -0.467 e.